The summed E-state index contributed by atoms with van der Waals surface area (Å²) in [5.74, 6) is 0.212. The van der Waals surface area contributed by atoms with Gasteiger partial charge in [-0.1, -0.05) is 17.8 Å². The fourth-order valence-electron chi connectivity index (χ4n) is 4.52. The van der Waals surface area contributed by atoms with Crippen molar-refractivity contribution in [3.63, 3.8) is 0 Å². The number of aromatic amines is 1. The first kappa shape index (κ1) is 23.8. The Hall–Kier alpha value is -2.33. The maximum atomic E-state index is 12.6. The van der Waals surface area contributed by atoms with Gasteiger partial charge < -0.3 is 15.0 Å². The number of carbonyl (C=O) groups is 3. The summed E-state index contributed by atoms with van der Waals surface area (Å²) in [6, 6.07) is 2.09. The second-order valence-corrected chi connectivity index (χ2v) is 9.39. The lowest BCUT2D eigenvalue weighted by Gasteiger charge is -2.25. The Labute approximate surface area is 202 Å². The third-order valence-electron chi connectivity index (χ3n) is 6.28. The number of imide groups is 1. The molecule has 3 aliphatic heterocycles. The van der Waals surface area contributed by atoms with E-state index in [2.05, 4.69) is 27.3 Å². The molecule has 0 radical (unpaired) electrons. The van der Waals surface area contributed by atoms with Gasteiger partial charge in [0.05, 0.1) is 19.0 Å². The van der Waals surface area contributed by atoms with E-state index in [9.17, 15) is 14.4 Å². The molecule has 0 spiro atoms. The number of nitrogens with one attached hydrogen (secondary N) is 2. The molecule has 2 fully saturated rings. The molecule has 1 aromatic heterocycles. The molecule has 1 aromatic rings. The number of thioether (sulfide) groups is 1. The molecule has 10 heteroatoms. The van der Waals surface area contributed by atoms with Gasteiger partial charge in [0, 0.05) is 49.3 Å². The highest BCUT2D eigenvalue weighted by molar-refractivity contribution is 8.14. The number of aromatic nitrogens is 1. The summed E-state index contributed by atoms with van der Waals surface area (Å²) in [5.41, 5.74) is 4.62. The van der Waals surface area contributed by atoms with Crippen molar-refractivity contribution in [3.05, 3.63) is 52.5 Å². The molecule has 0 bridgehead atoms. The highest BCUT2D eigenvalue weighted by Gasteiger charge is 2.33. The van der Waals surface area contributed by atoms with Crippen molar-refractivity contribution in [2.75, 3.05) is 38.6 Å². The van der Waals surface area contributed by atoms with Crippen LogP contribution in [0.1, 0.15) is 24.1 Å². The number of ether oxygens (including phenoxy) is 1. The summed E-state index contributed by atoms with van der Waals surface area (Å²) >= 11 is 1.06. The van der Waals surface area contributed by atoms with Crippen LogP contribution in [0.5, 0.6) is 0 Å². The number of hydrogen-bond acceptors (Lipinski definition) is 6. The number of H-pyrrole nitrogens is 1. The van der Waals surface area contributed by atoms with E-state index in [0.717, 1.165) is 61.6 Å². The minimum atomic E-state index is -0.160. The molecule has 33 heavy (non-hydrogen) atoms. The van der Waals surface area contributed by atoms with Crippen LogP contribution in [0.3, 0.4) is 0 Å². The van der Waals surface area contributed by atoms with Crippen molar-refractivity contribution < 1.29 is 19.1 Å². The van der Waals surface area contributed by atoms with Crippen LogP contribution in [0.4, 0.5) is 4.79 Å². The van der Waals surface area contributed by atoms with Crippen LogP contribution in [0.25, 0.3) is 6.08 Å². The lowest BCUT2D eigenvalue weighted by Crippen LogP contribution is -2.35. The van der Waals surface area contributed by atoms with Gasteiger partial charge in [0.1, 0.15) is 0 Å². The van der Waals surface area contributed by atoms with Gasteiger partial charge in [-0.05, 0) is 48.1 Å². The van der Waals surface area contributed by atoms with Crippen molar-refractivity contribution >= 4 is 47.3 Å². The molecule has 3 amide bonds. The average Bonchev–Trinajstić information content (AvgIpc) is 3.46. The molecule has 176 valence electrons. The first-order valence-corrected chi connectivity index (χ1v) is 11.9. The van der Waals surface area contributed by atoms with Gasteiger partial charge >= 0.3 is 0 Å². The summed E-state index contributed by atoms with van der Waals surface area (Å²) in [6.07, 6.45) is 9.33. The quantitative estimate of drug-likeness (QED) is 0.595. The van der Waals surface area contributed by atoms with Gasteiger partial charge in [-0.25, -0.2) is 0 Å². The largest absolute Gasteiger partial charge is 0.379 e. The standard InChI is InChI=1S/C23H26N4O4S.ClH/c28-21-14-32-23(30)27(21)4-3-15-1-2-20-18(10-15)19(22(29)25-20)11-17-9-16(12-24-17)13-26-5-7-31-8-6-26;/h1-2,9,11-12,15,24H,3-8,10,13-14H2,(H,25,29);1H. The maximum absolute atomic E-state index is 12.6. The van der Waals surface area contributed by atoms with E-state index in [-0.39, 0.29) is 41.1 Å². The Morgan fingerprint density at radius 3 is 2.79 bits per heavy atom. The first-order valence-electron chi connectivity index (χ1n) is 11.0. The Bertz CT molecular complexity index is 1020. The van der Waals surface area contributed by atoms with Gasteiger partial charge in [0.2, 0.25) is 5.91 Å². The Balaban J connectivity index is 0.00000259. The third kappa shape index (κ3) is 5.27. The van der Waals surface area contributed by atoms with Crippen molar-refractivity contribution in [3.8, 4) is 0 Å². The van der Waals surface area contributed by atoms with Gasteiger partial charge in [0.25, 0.3) is 11.1 Å². The van der Waals surface area contributed by atoms with Crippen LogP contribution in [0.15, 0.2) is 41.3 Å². The molecule has 8 nitrogen and oxygen atoms in total. The Morgan fingerprint density at radius 1 is 1.21 bits per heavy atom. The minimum absolute atomic E-state index is 0. The monoisotopic (exact) mass is 490 g/mol. The molecule has 2 saturated heterocycles. The predicted octanol–water partition coefficient (Wildman–Crippen LogP) is 2.70. The van der Waals surface area contributed by atoms with E-state index in [1.54, 1.807) is 0 Å². The molecule has 4 aliphatic rings. The summed E-state index contributed by atoms with van der Waals surface area (Å²) in [6.45, 7) is 4.69. The second-order valence-electron chi connectivity index (χ2n) is 8.47. The minimum Gasteiger partial charge on any atom is -0.379 e. The zero-order valence-corrected chi connectivity index (χ0v) is 19.8. The van der Waals surface area contributed by atoms with Gasteiger partial charge in [-0.3, -0.25) is 24.2 Å². The highest BCUT2D eigenvalue weighted by Crippen LogP contribution is 2.35. The van der Waals surface area contributed by atoms with Gasteiger partial charge in [-0.2, -0.15) is 0 Å². The average molecular weight is 491 g/mol. The van der Waals surface area contributed by atoms with Crippen molar-refractivity contribution in [2.45, 2.75) is 19.4 Å². The topological polar surface area (TPSA) is 94.7 Å². The van der Waals surface area contributed by atoms with Crippen molar-refractivity contribution in [2.24, 2.45) is 5.92 Å². The molecule has 1 aliphatic carbocycles. The van der Waals surface area contributed by atoms with Gasteiger partial charge in [0.15, 0.2) is 0 Å². The van der Waals surface area contributed by atoms with Crippen LogP contribution in [0.2, 0.25) is 0 Å². The molecular formula is C23H27ClN4O4S. The molecule has 4 heterocycles. The fraction of sp³-hybridized carbons (Fsp3) is 0.435. The SMILES string of the molecule is Cl.O=C1NC2=C(CC(CCN3C(=O)CSC3=O)C=C2)C1=Cc1cc(CN2CCOCC2)c[nH]1. The van der Waals surface area contributed by atoms with Crippen LogP contribution < -0.4 is 5.32 Å². The number of halogens is 1. The lowest BCUT2D eigenvalue weighted by molar-refractivity contribution is -0.124. The van der Waals surface area contributed by atoms with Crippen molar-refractivity contribution in [1.29, 1.82) is 0 Å². The van der Waals surface area contributed by atoms with E-state index in [4.69, 9.17) is 4.74 Å². The van der Waals surface area contributed by atoms with Crippen molar-refractivity contribution in [1.82, 2.24) is 20.1 Å². The fourth-order valence-corrected chi connectivity index (χ4v) is 5.27. The highest BCUT2D eigenvalue weighted by atomic mass is 35.5. The van der Waals surface area contributed by atoms with E-state index >= 15 is 0 Å². The zero-order chi connectivity index (χ0) is 22.1. The summed E-state index contributed by atoms with van der Waals surface area (Å²) in [5, 5.41) is 2.80. The molecule has 1 unspecified atom stereocenters. The molecule has 5 rings (SSSR count). The van der Waals surface area contributed by atoms with E-state index in [0.29, 0.717) is 25.0 Å². The van der Waals surface area contributed by atoms with Gasteiger partial charge in [-0.15, -0.1) is 12.4 Å². The number of nitrogens with zero attached hydrogens (tertiary/aromatic N) is 2. The number of carbonyl (C=O) groups excluding carboxylic acids is 3. The molecular weight excluding hydrogens is 464 g/mol. The number of morpholine rings is 1. The summed E-state index contributed by atoms with van der Waals surface area (Å²) in [7, 11) is 0. The number of hydrogen-bond donors (Lipinski definition) is 2. The van der Waals surface area contributed by atoms with E-state index in [1.807, 2.05) is 18.3 Å². The number of amides is 3. The first-order chi connectivity index (χ1) is 15.6. The number of allylic oxidation sites excluding steroid dienone is 2. The summed E-state index contributed by atoms with van der Waals surface area (Å²) < 4.78 is 5.41. The van der Waals surface area contributed by atoms with Crippen LogP contribution in [-0.4, -0.2) is 70.4 Å². The Kier molecular flexibility index (Phi) is 7.43. The Morgan fingerprint density at radius 2 is 2.03 bits per heavy atom. The smallest absolute Gasteiger partial charge is 0.288 e. The maximum Gasteiger partial charge on any atom is 0.288 e. The van der Waals surface area contributed by atoms with Crippen LogP contribution >= 0.6 is 24.2 Å². The normalized spacial score (nSPS) is 24.5. The molecule has 0 aromatic carbocycles. The lowest BCUT2D eigenvalue weighted by atomic mass is 9.87. The zero-order valence-electron chi connectivity index (χ0n) is 18.2. The number of rotatable bonds is 6. The van der Waals surface area contributed by atoms with Crippen LogP contribution in [-0.2, 0) is 20.9 Å². The molecule has 1 atom stereocenters. The predicted molar refractivity (Wildman–Crippen MR) is 129 cm³/mol. The second kappa shape index (κ2) is 10.3. The van der Waals surface area contributed by atoms with E-state index in [1.165, 1.54) is 10.5 Å². The van der Waals surface area contributed by atoms with E-state index < -0.39 is 0 Å². The molecule has 2 N–H and O–H groups in total. The molecule has 0 saturated carbocycles. The van der Waals surface area contributed by atoms with Crippen LogP contribution in [0, 0.1) is 5.92 Å². The third-order valence-corrected chi connectivity index (χ3v) is 7.14. The summed E-state index contributed by atoms with van der Waals surface area (Å²) in [4.78, 5) is 43.3.